The second-order valence-corrected chi connectivity index (χ2v) is 5.08. The minimum absolute atomic E-state index is 0.00806. The van der Waals surface area contributed by atoms with E-state index in [9.17, 15) is 8.42 Å². The van der Waals surface area contributed by atoms with Crippen LogP contribution in [0.1, 0.15) is 13.8 Å². The van der Waals surface area contributed by atoms with Crippen LogP contribution in [0, 0.1) is 0 Å². The summed E-state index contributed by atoms with van der Waals surface area (Å²) in [6.45, 7) is 8.30. The van der Waals surface area contributed by atoms with Gasteiger partial charge in [-0.1, -0.05) is 19.1 Å². The van der Waals surface area contributed by atoms with Crippen LogP contribution in [0.15, 0.2) is 12.2 Å². The van der Waals surface area contributed by atoms with Gasteiger partial charge < -0.3 is 5.73 Å². The predicted molar refractivity (Wildman–Crippen MR) is 54.9 cm³/mol. The van der Waals surface area contributed by atoms with Crippen molar-refractivity contribution in [2.45, 2.75) is 13.8 Å². The van der Waals surface area contributed by atoms with Gasteiger partial charge in [0, 0.05) is 19.6 Å². The molecule has 0 spiro atoms. The van der Waals surface area contributed by atoms with Crippen molar-refractivity contribution in [3.05, 3.63) is 12.2 Å². The molecule has 0 unspecified atom stereocenters. The summed E-state index contributed by atoms with van der Waals surface area (Å²) < 4.78 is 24.4. The highest BCUT2D eigenvalue weighted by molar-refractivity contribution is 7.89. The van der Waals surface area contributed by atoms with Crippen molar-refractivity contribution in [2.75, 3.05) is 25.4 Å². The molecule has 0 aromatic carbocycles. The molecule has 0 aromatic heterocycles. The number of sulfonamides is 1. The van der Waals surface area contributed by atoms with Crippen LogP contribution in [0.25, 0.3) is 0 Å². The fourth-order valence-corrected chi connectivity index (χ4v) is 2.35. The Labute approximate surface area is 80.5 Å². The topological polar surface area (TPSA) is 63.4 Å². The van der Waals surface area contributed by atoms with Gasteiger partial charge in [0.2, 0.25) is 10.0 Å². The van der Waals surface area contributed by atoms with E-state index in [1.807, 2.05) is 0 Å². The smallest absolute Gasteiger partial charge is 0.215 e. The largest absolute Gasteiger partial charge is 0.329 e. The molecule has 0 saturated carbocycles. The molecule has 5 heteroatoms. The van der Waals surface area contributed by atoms with Gasteiger partial charge in [0.1, 0.15) is 0 Å². The Bertz CT molecular complexity index is 259. The van der Waals surface area contributed by atoms with E-state index in [0.29, 0.717) is 13.1 Å². The molecule has 4 nitrogen and oxygen atoms in total. The van der Waals surface area contributed by atoms with Crippen molar-refractivity contribution in [3.63, 3.8) is 0 Å². The second-order valence-electron chi connectivity index (χ2n) is 2.99. The summed E-state index contributed by atoms with van der Waals surface area (Å²) in [7, 11) is -3.17. The van der Waals surface area contributed by atoms with Crippen LogP contribution in [0.4, 0.5) is 0 Å². The van der Waals surface area contributed by atoms with Crippen molar-refractivity contribution in [3.8, 4) is 0 Å². The third kappa shape index (κ3) is 4.40. The van der Waals surface area contributed by atoms with E-state index in [4.69, 9.17) is 5.73 Å². The van der Waals surface area contributed by atoms with Gasteiger partial charge in [0.15, 0.2) is 0 Å². The van der Waals surface area contributed by atoms with Gasteiger partial charge >= 0.3 is 0 Å². The van der Waals surface area contributed by atoms with E-state index in [1.54, 1.807) is 13.8 Å². The molecule has 13 heavy (non-hydrogen) atoms. The molecule has 0 atom stereocenters. The number of likely N-dealkylation sites (N-methyl/N-ethyl adjacent to an activating group) is 1. The van der Waals surface area contributed by atoms with E-state index in [0.717, 1.165) is 5.57 Å². The minimum Gasteiger partial charge on any atom is -0.329 e. The maximum absolute atomic E-state index is 11.5. The van der Waals surface area contributed by atoms with Crippen molar-refractivity contribution in [1.82, 2.24) is 4.31 Å². The number of hydrogen-bond donors (Lipinski definition) is 1. The van der Waals surface area contributed by atoms with Gasteiger partial charge in [0.05, 0.1) is 5.75 Å². The van der Waals surface area contributed by atoms with Crippen LogP contribution in [0.3, 0.4) is 0 Å². The molecule has 0 radical (unpaired) electrons. The van der Waals surface area contributed by atoms with E-state index in [2.05, 4.69) is 6.58 Å². The van der Waals surface area contributed by atoms with Crippen molar-refractivity contribution >= 4 is 10.0 Å². The third-order valence-electron chi connectivity index (χ3n) is 1.57. The lowest BCUT2D eigenvalue weighted by Crippen LogP contribution is -2.36. The quantitative estimate of drug-likeness (QED) is 0.630. The summed E-state index contributed by atoms with van der Waals surface area (Å²) in [5.74, 6) is 0.00806. The highest BCUT2D eigenvalue weighted by Gasteiger charge is 2.18. The third-order valence-corrected chi connectivity index (χ3v) is 3.49. The normalized spacial score (nSPS) is 12.0. The lowest BCUT2D eigenvalue weighted by Gasteiger charge is -2.19. The van der Waals surface area contributed by atoms with Gasteiger partial charge in [-0.2, -0.15) is 4.31 Å². The molecule has 78 valence electrons. The maximum atomic E-state index is 11.5. The molecule has 0 heterocycles. The zero-order valence-electron chi connectivity index (χ0n) is 8.28. The summed E-state index contributed by atoms with van der Waals surface area (Å²) in [5, 5.41) is 0. The highest BCUT2D eigenvalue weighted by atomic mass is 32.2. The summed E-state index contributed by atoms with van der Waals surface area (Å²) in [6, 6.07) is 0. The second kappa shape index (κ2) is 5.36. The number of nitrogens with two attached hydrogens (primary N) is 1. The summed E-state index contributed by atoms with van der Waals surface area (Å²) in [6.07, 6.45) is 0. The van der Waals surface area contributed by atoms with Crippen LogP contribution in [-0.4, -0.2) is 38.1 Å². The molecule has 0 aliphatic rings. The van der Waals surface area contributed by atoms with Gasteiger partial charge in [-0.15, -0.1) is 0 Å². The van der Waals surface area contributed by atoms with E-state index in [1.165, 1.54) is 4.31 Å². The van der Waals surface area contributed by atoms with Crippen LogP contribution in [-0.2, 0) is 10.0 Å². The lowest BCUT2D eigenvalue weighted by atomic mass is 10.3. The summed E-state index contributed by atoms with van der Waals surface area (Å²) in [4.78, 5) is 0. The molecule has 0 fully saturated rings. The SMILES string of the molecule is C=C(C)CN(CC)S(=O)(=O)CCN. The first-order valence-electron chi connectivity index (χ1n) is 4.26. The van der Waals surface area contributed by atoms with Crippen LogP contribution in [0.2, 0.25) is 0 Å². The zero-order valence-corrected chi connectivity index (χ0v) is 9.10. The fourth-order valence-electron chi connectivity index (χ4n) is 0.986. The first-order valence-corrected chi connectivity index (χ1v) is 5.87. The molecule has 0 rings (SSSR count). The average Bonchev–Trinajstić information content (AvgIpc) is 1.99. The molecular weight excluding hydrogens is 188 g/mol. The highest BCUT2D eigenvalue weighted by Crippen LogP contribution is 2.03. The Morgan fingerprint density at radius 1 is 1.54 bits per heavy atom. The summed E-state index contributed by atoms with van der Waals surface area (Å²) >= 11 is 0. The molecule has 0 amide bonds. The first kappa shape index (κ1) is 12.6. The van der Waals surface area contributed by atoms with Gasteiger partial charge in [-0.25, -0.2) is 8.42 Å². The monoisotopic (exact) mass is 206 g/mol. The molecule has 0 aliphatic carbocycles. The molecule has 0 bridgehead atoms. The van der Waals surface area contributed by atoms with Crippen molar-refractivity contribution in [1.29, 1.82) is 0 Å². The van der Waals surface area contributed by atoms with Gasteiger partial charge in [-0.3, -0.25) is 0 Å². The molecule has 2 N–H and O–H groups in total. The average molecular weight is 206 g/mol. The predicted octanol–water partition coefficient (Wildman–Crippen LogP) is 0.173. The van der Waals surface area contributed by atoms with E-state index < -0.39 is 10.0 Å². The Morgan fingerprint density at radius 3 is 2.38 bits per heavy atom. The Kier molecular flexibility index (Phi) is 5.20. The maximum Gasteiger partial charge on any atom is 0.215 e. The Morgan fingerprint density at radius 2 is 2.08 bits per heavy atom. The van der Waals surface area contributed by atoms with E-state index in [-0.39, 0.29) is 12.3 Å². The summed E-state index contributed by atoms with van der Waals surface area (Å²) in [5.41, 5.74) is 6.05. The van der Waals surface area contributed by atoms with Crippen LogP contribution in [0.5, 0.6) is 0 Å². The van der Waals surface area contributed by atoms with Crippen molar-refractivity contribution in [2.24, 2.45) is 5.73 Å². The van der Waals surface area contributed by atoms with Crippen LogP contribution < -0.4 is 5.73 Å². The lowest BCUT2D eigenvalue weighted by molar-refractivity contribution is 0.453. The number of rotatable bonds is 6. The first-order chi connectivity index (χ1) is 5.94. The molecule has 0 aliphatic heterocycles. The van der Waals surface area contributed by atoms with Crippen LogP contribution >= 0.6 is 0 Å². The van der Waals surface area contributed by atoms with Crippen molar-refractivity contribution < 1.29 is 8.42 Å². The minimum atomic E-state index is -3.17. The number of hydrogen-bond acceptors (Lipinski definition) is 3. The van der Waals surface area contributed by atoms with E-state index >= 15 is 0 Å². The zero-order chi connectivity index (χ0) is 10.5. The standard InChI is InChI=1S/C8H18N2O2S/c1-4-10(7-8(2)3)13(11,12)6-5-9/h2,4-7,9H2,1,3H3. The number of nitrogens with zero attached hydrogens (tertiary/aromatic N) is 1. The molecular formula is C8H18N2O2S. The molecule has 0 saturated heterocycles. The fraction of sp³-hybridized carbons (Fsp3) is 0.750. The van der Waals surface area contributed by atoms with Gasteiger partial charge in [0.25, 0.3) is 0 Å². The Hall–Kier alpha value is -0.390. The Balaban J connectivity index is 4.47. The van der Waals surface area contributed by atoms with Gasteiger partial charge in [-0.05, 0) is 6.92 Å². The molecule has 0 aromatic rings.